The lowest BCUT2D eigenvalue weighted by atomic mass is 9.77. The van der Waals surface area contributed by atoms with Gasteiger partial charge in [-0.15, -0.1) is 0 Å². The molecule has 2 heterocycles. The fourth-order valence-electron chi connectivity index (χ4n) is 6.27. The molecule has 0 bridgehead atoms. The predicted molar refractivity (Wildman–Crippen MR) is 175 cm³/mol. The third-order valence-corrected chi connectivity index (χ3v) is 9.33. The minimum atomic E-state index is -4.45. The number of alkyl halides is 3. The third-order valence-electron chi connectivity index (χ3n) is 9.33. The summed E-state index contributed by atoms with van der Waals surface area (Å²) in [6.45, 7) is 3.32. The second kappa shape index (κ2) is 14.6. The summed E-state index contributed by atoms with van der Waals surface area (Å²) < 4.78 is 38.8. The molecule has 1 saturated carbocycles. The maximum Gasteiger partial charge on any atom is 0.391 e. The second-order valence-electron chi connectivity index (χ2n) is 12.8. The molecular formula is C36H40F3N5O3. The number of fused-ring (bicyclic) bond motifs is 1. The van der Waals surface area contributed by atoms with Gasteiger partial charge in [0.2, 0.25) is 5.91 Å². The molecule has 5 rings (SSSR count). The standard InChI is InChI=1S/C36H40F3N5O3/c1-21(36(37,38)39)15-34(46)31-14-13-30(22(2)42-31)25-7-3-23(4-8-25)16-28(17-33(45)26-9-5-24(19-40)6-10-26)35(47)43-29-12-11-27-20-41-44-32(27)18-29/h3-4,7-8,11-14,18,20-21,24,26,28H,5-6,9-10,15-17,19,40H2,1-2H3,(H,41,44)(H,43,47)/t21?,24?,26?,28-/m1/s1. The summed E-state index contributed by atoms with van der Waals surface area (Å²) in [6.07, 6.45) is 0.505. The maximum atomic E-state index is 13.6. The molecule has 248 valence electrons. The molecule has 4 N–H and O–H groups in total. The van der Waals surface area contributed by atoms with Crippen LogP contribution in [0.15, 0.2) is 60.8 Å². The number of rotatable bonds is 12. The van der Waals surface area contributed by atoms with Gasteiger partial charge in [-0.2, -0.15) is 18.3 Å². The number of aryl methyl sites for hydroxylation is 1. The molecule has 4 aromatic rings. The van der Waals surface area contributed by atoms with Crippen molar-refractivity contribution >= 4 is 34.1 Å². The van der Waals surface area contributed by atoms with Gasteiger partial charge < -0.3 is 11.1 Å². The highest BCUT2D eigenvalue weighted by molar-refractivity contribution is 5.97. The van der Waals surface area contributed by atoms with Gasteiger partial charge in [0, 0.05) is 47.0 Å². The molecule has 2 atom stereocenters. The van der Waals surface area contributed by atoms with Crippen molar-refractivity contribution in [2.24, 2.45) is 29.4 Å². The number of benzene rings is 2. The van der Waals surface area contributed by atoms with Crippen LogP contribution < -0.4 is 11.1 Å². The molecule has 2 aromatic carbocycles. The fourth-order valence-corrected chi connectivity index (χ4v) is 6.27. The number of hydrogen-bond donors (Lipinski definition) is 3. The van der Waals surface area contributed by atoms with Crippen LogP contribution in [0.3, 0.4) is 0 Å². The number of nitrogens with one attached hydrogen (secondary N) is 2. The third kappa shape index (κ3) is 8.51. The molecular weight excluding hydrogens is 607 g/mol. The number of carbonyl (C=O) groups is 3. The molecule has 1 aliphatic rings. The number of halogens is 3. The van der Waals surface area contributed by atoms with E-state index in [9.17, 15) is 27.6 Å². The van der Waals surface area contributed by atoms with E-state index in [0.29, 0.717) is 30.3 Å². The summed E-state index contributed by atoms with van der Waals surface area (Å²) in [5, 5.41) is 10.9. The SMILES string of the molecule is Cc1nc(C(=O)CC(C)C(F)(F)F)ccc1-c1ccc(C[C@H](CC(=O)C2CCC(CN)CC2)C(=O)Nc2ccc3cn[nH]c3c2)cc1. The van der Waals surface area contributed by atoms with Gasteiger partial charge in [0.25, 0.3) is 0 Å². The largest absolute Gasteiger partial charge is 0.391 e. The van der Waals surface area contributed by atoms with Gasteiger partial charge in [-0.05, 0) is 86.9 Å². The minimum Gasteiger partial charge on any atom is -0.330 e. The Balaban J connectivity index is 1.30. The number of nitrogens with two attached hydrogens (primary N) is 1. The lowest BCUT2D eigenvalue weighted by molar-refractivity contribution is -0.168. The number of hydrogen-bond acceptors (Lipinski definition) is 6. The smallest absolute Gasteiger partial charge is 0.330 e. The van der Waals surface area contributed by atoms with Gasteiger partial charge in [-0.25, -0.2) is 4.98 Å². The first-order valence-corrected chi connectivity index (χ1v) is 16.0. The molecule has 1 fully saturated rings. The number of aromatic amines is 1. The van der Waals surface area contributed by atoms with Gasteiger partial charge in [0.1, 0.15) is 11.5 Å². The molecule has 0 spiro atoms. The number of H-pyrrole nitrogens is 1. The summed E-state index contributed by atoms with van der Waals surface area (Å²) in [7, 11) is 0. The Morgan fingerprint density at radius 2 is 1.72 bits per heavy atom. The minimum absolute atomic E-state index is 0.000633. The van der Waals surface area contributed by atoms with Crippen LogP contribution in [0.4, 0.5) is 18.9 Å². The van der Waals surface area contributed by atoms with Gasteiger partial charge in [-0.1, -0.05) is 37.3 Å². The normalized spacial score (nSPS) is 18.1. The van der Waals surface area contributed by atoms with Crippen LogP contribution in [-0.2, 0) is 16.0 Å². The number of pyridine rings is 1. The number of carbonyl (C=O) groups excluding carboxylic acids is 3. The van der Waals surface area contributed by atoms with Crippen molar-refractivity contribution in [1.82, 2.24) is 15.2 Å². The van der Waals surface area contributed by atoms with Crippen LogP contribution in [0.2, 0.25) is 0 Å². The summed E-state index contributed by atoms with van der Waals surface area (Å²) in [6, 6.07) is 16.2. The van der Waals surface area contributed by atoms with Crippen LogP contribution in [0.25, 0.3) is 22.0 Å². The Kier molecular flexibility index (Phi) is 10.5. The van der Waals surface area contributed by atoms with Gasteiger partial charge in [0.05, 0.1) is 17.6 Å². The lowest BCUT2D eigenvalue weighted by Crippen LogP contribution is -2.31. The van der Waals surface area contributed by atoms with E-state index in [1.165, 1.54) is 6.07 Å². The van der Waals surface area contributed by atoms with Crippen LogP contribution in [0, 0.1) is 30.6 Å². The topological polar surface area (TPSA) is 131 Å². The molecule has 2 aromatic heterocycles. The van der Waals surface area contributed by atoms with E-state index in [0.717, 1.165) is 60.2 Å². The van der Waals surface area contributed by atoms with Crippen molar-refractivity contribution in [3.05, 3.63) is 77.7 Å². The summed E-state index contributed by atoms with van der Waals surface area (Å²) >= 11 is 0. The Bertz CT molecular complexity index is 1730. The molecule has 47 heavy (non-hydrogen) atoms. The van der Waals surface area contributed by atoms with E-state index in [1.807, 2.05) is 42.5 Å². The van der Waals surface area contributed by atoms with E-state index in [2.05, 4.69) is 20.5 Å². The van der Waals surface area contributed by atoms with E-state index in [-0.39, 0.29) is 29.7 Å². The number of anilines is 1. The Hall–Kier alpha value is -4.38. The average molecular weight is 648 g/mol. The van der Waals surface area contributed by atoms with Crippen LogP contribution in [0.1, 0.15) is 67.2 Å². The van der Waals surface area contributed by atoms with E-state index >= 15 is 0 Å². The number of amides is 1. The van der Waals surface area contributed by atoms with Crippen LogP contribution in [-0.4, -0.2) is 45.4 Å². The Morgan fingerprint density at radius 1 is 1.00 bits per heavy atom. The monoisotopic (exact) mass is 647 g/mol. The molecule has 0 radical (unpaired) electrons. The maximum absolute atomic E-state index is 13.6. The fraction of sp³-hybridized carbons (Fsp3) is 0.417. The van der Waals surface area contributed by atoms with Crippen molar-refractivity contribution in [2.45, 2.75) is 65.0 Å². The molecule has 1 amide bonds. The zero-order valence-corrected chi connectivity index (χ0v) is 26.6. The highest BCUT2D eigenvalue weighted by Gasteiger charge is 2.37. The van der Waals surface area contributed by atoms with Gasteiger partial charge in [0.15, 0.2) is 5.78 Å². The first-order chi connectivity index (χ1) is 22.4. The highest BCUT2D eigenvalue weighted by Crippen LogP contribution is 2.32. The van der Waals surface area contributed by atoms with Crippen molar-refractivity contribution in [2.75, 3.05) is 11.9 Å². The van der Waals surface area contributed by atoms with Crippen molar-refractivity contribution in [3.8, 4) is 11.1 Å². The van der Waals surface area contributed by atoms with Crippen molar-refractivity contribution in [1.29, 1.82) is 0 Å². The lowest BCUT2D eigenvalue weighted by Gasteiger charge is -2.27. The first kappa shape index (κ1) is 34.0. The molecule has 0 aliphatic heterocycles. The van der Waals surface area contributed by atoms with Crippen LogP contribution >= 0.6 is 0 Å². The van der Waals surface area contributed by atoms with Crippen molar-refractivity contribution < 1.29 is 27.6 Å². The molecule has 0 saturated heterocycles. The zero-order chi connectivity index (χ0) is 33.7. The summed E-state index contributed by atoms with van der Waals surface area (Å²) in [5.74, 6) is -2.76. The average Bonchev–Trinajstić information content (AvgIpc) is 3.52. The molecule has 11 heteroatoms. The Morgan fingerprint density at radius 3 is 2.38 bits per heavy atom. The molecule has 1 aliphatic carbocycles. The van der Waals surface area contributed by atoms with Gasteiger partial charge >= 0.3 is 6.18 Å². The van der Waals surface area contributed by atoms with Crippen LogP contribution in [0.5, 0.6) is 0 Å². The van der Waals surface area contributed by atoms with E-state index < -0.39 is 30.2 Å². The molecule has 1 unspecified atom stereocenters. The zero-order valence-electron chi connectivity index (χ0n) is 26.6. The van der Waals surface area contributed by atoms with E-state index in [1.54, 1.807) is 19.2 Å². The second-order valence-corrected chi connectivity index (χ2v) is 12.8. The van der Waals surface area contributed by atoms with Gasteiger partial charge in [-0.3, -0.25) is 19.5 Å². The summed E-state index contributed by atoms with van der Waals surface area (Å²) in [4.78, 5) is 43.8. The Labute approximate surface area is 271 Å². The van der Waals surface area contributed by atoms with E-state index in [4.69, 9.17) is 5.73 Å². The quantitative estimate of drug-likeness (QED) is 0.139. The molecule has 8 nitrogen and oxygen atoms in total. The number of Topliss-reactive ketones (excluding diaryl/α,β-unsaturated/α-hetero) is 2. The number of nitrogens with zero attached hydrogens (tertiary/aromatic N) is 2. The van der Waals surface area contributed by atoms with Crippen molar-refractivity contribution in [3.63, 3.8) is 0 Å². The highest BCUT2D eigenvalue weighted by atomic mass is 19.4. The predicted octanol–water partition coefficient (Wildman–Crippen LogP) is 7.23. The number of aromatic nitrogens is 3. The number of ketones is 2. The first-order valence-electron chi connectivity index (χ1n) is 16.0. The summed E-state index contributed by atoms with van der Waals surface area (Å²) in [5.41, 5.74) is 10.2.